The standard InChI is InChI=1S/C25H25NO4/c1-29-21-12-5-8-18(16-21)24(26-15-7-14-23(26)25(27)28)19-9-6-13-22(17-19)30-20-10-3-2-4-11-20/h2-6,8-13,16-17,23-24H,7,14-15H2,1H3,(H,27,28). The van der Waals surface area contributed by atoms with E-state index in [-0.39, 0.29) is 6.04 Å². The van der Waals surface area contributed by atoms with E-state index in [1.807, 2.05) is 78.9 Å². The van der Waals surface area contributed by atoms with Crippen LogP contribution in [-0.2, 0) is 4.79 Å². The van der Waals surface area contributed by atoms with Crippen molar-refractivity contribution in [2.24, 2.45) is 0 Å². The molecule has 2 atom stereocenters. The molecule has 0 bridgehead atoms. The first kappa shape index (κ1) is 20.0. The summed E-state index contributed by atoms with van der Waals surface area (Å²) < 4.78 is 11.4. The van der Waals surface area contributed by atoms with Gasteiger partial charge in [-0.15, -0.1) is 0 Å². The van der Waals surface area contributed by atoms with Gasteiger partial charge in [0.25, 0.3) is 0 Å². The summed E-state index contributed by atoms with van der Waals surface area (Å²) in [5.41, 5.74) is 1.99. The van der Waals surface area contributed by atoms with Crippen LogP contribution in [0.4, 0.5) is 0 Å². The van der Waals surface area contributed by atoms with Gasteiger partial charge in [-0.2, -0.15) is 0 Å². The molecule has 0 radical (unpaired) electrons. The third-order valence-corrected chi connectivity index (χ3v) is 5.47. The summed E-state index contributed by atoms with van der Waals surface area (Å²) in [6.45, 7) is 0.725. The lowest BCUT2D eigenvalue weighted by Crippen LogP contribution is -2.39. The average Bonchev–Trinajstić information content (AvgIpc) is 3.25. The van der Waals surface area contributed by atoms with Gasteiger partial charge < -0.3 is 14.6 Å². The first-order valence-corrected chi connectivity index (χ1v) is 10.1. The third-order valence-electron chi connectivity index (χ3n) is 5.47. The third kappa shape index (κ3) is 4.31. The number of hydrogen-bond donors (Lipinski definition) is 1. The van der Waals surface area contributed by atoms with Gasteiger partial charge in [0.2, 0.25) is 0 Å². The van der Waals surface area contributed by atoms with Gasteiger partial charge in [0.1, 0.15) is 23.3 Å². The van der Waals surface area contributed by atoms with Gasteiger partial charge in [0, 0.05) is 6.54 Å². The molecular weight excluding hydrogens is 378 g/mol. The Morgan fingerprint density at radius 3 is 2.23 bits per heavy atom. The molecule has 1 heterocycles. The molecular formula is C25H25NO4. The number of hydrogen-bond acceptors (Lipinski definition) is 4. The van der Waals surface area contributed by atoms with Crippen LogP contribution in [0, 0.1) is 0 Å². The molecule has 1 N–H and O–H groups in total. The van der Waals surface area contributed by atoms with Crippen molar-refractivity contribution >= 4 is 5.97 Å². The number of likely N-dealkylation sites (tertiary alicyclic amines) is 1. The van der Waals surface area contributed by atoms with E-state index in [1.54, 1.807) is 7.11 Å². The van der Waals surface area contributed by atoms with Crippen LogP contribution in [-0.4, -0.2) is 35.7 Å². The van der Waals surface area contributed by atoms with Crippen LogP contribution >= 0.6 is 0 Å². The summed E-state index contributed by atoms with van der Waals surface area (Å²) in [5.74, 6) is 1.45. The highest BCUT2D eigenvalue weighted by Gasteiger charge is 2.37. The minimum absolute atomic E-state index is 0.206. The molecule has 4 rings (SSSR count). The van der Waals surface area contributed by atoms with Crippen LogP contribution in [0.3, 0.4) is 0 Å². The number of carboxylic acid groups (broad SMARTS) is 1. The van der Waals surface area contributed by atoms with Gasteiger partial charge >= 0.3 is 5.97 Å². The Morgan fingerprint density at radius 2 is 1.57 bits per heavy atom. The fourth-order valence-corrected chi connectivity index (χ4v) is 4.12. The van der Waals surface area contributed by atoms with E-state index in [1.165, 1.54) is 0 Å². The molecule has 1 aliphatic heterocycles. The maximum Gasteiger partial charge on any atom is 0.320 e. The molecule has 1 fully saturated rings. The second kappa shape index (κ2) is 9.01. The Morgan fingerprint density at radius 1 is 0.933 bits per heavy atom. The van der Waals surface area contributed by atoms with Gasteiger partial charge in [-0.3, -0.25) is 9.69 Å². The molecule has 1 saturated heterocycles. The van der Waals surface area contributed by atoms with Crippen LogP contribution < -0.4 is 9.47 Å². The van der Waals surface area contributed by atoms with Crippen molar-refractivity contribution in [2.75, 3.05) is 13.7 Å². The Bertz CT molecular complexity index is 1000. The van der Waals surface area contributed by atoms with E-state index in [2.05, 4.69) is 4.90 Å². The second-order valence-electron chi connectivity index (χ2n) is 7.40. The van der Waals surface area contributed by atoms with E-state index >= 15 is 0 Å². The Labute approximate surface area is 176 Å². The van der Waals surface area contributed by atoms with Crippen LogP contribution in [0.25, 0.3) is 0 Å². The van der Waals surface area contributed by atoms with Gasteiger partial charge in [-0.05, 0) is 60.4 Å². The number of carboxylic acids is 1. The predicted molar refractivity (Wildman–Crippen MR) is 115 cm³/mol. The lowest BCUT2D eigenvalue weighted by Gasteiger charge is -2.32. The summed E-state index contributed by atoms with van der Waals surface area (Å²) in [6.07, 6.45) is 1.51. The number of rotatable bonds is 7. The molecule has 2 unspecified atom stereocenters. The Hall–Kier alpha value is -3.31. The molecule has 0 aromatic heterocycles. The molecule has 0 saturated carbocycles. The van der Waals surface area contributed by atoms with Crippen LogP contribution in [0.15, 0.2) is 78.9 Å². The van der Waals surface area contributed by atoms with Crippen molar-refractivity contribution in [1.29, 1.82) is 0 Å². The summed E-state index contributed by atoms with van der Waals surface area (Å²) in [7, 11) is 1.64. The molecule has 154 valence electrons. The number of aliphatic carboxylic acids is 1. The molecule has 5 heteroatoms. The molecule has 3 aromatic carbocycles. The van der Waals surface area contributed by atoms with Gasteiger partial charge in [-0.1, -0.05) is 42.5 Å². The molecule has 5 nitrogen and oxygen atoms in total. The lowest BCUT2D eigenvalue weighted by atomic mass is 9.95. The van der Waals surface area contributed by atoms with Crippen LogP contribution in [0.5, 0.6) is 17.2 Å². The van der Waals surface area contributed by atoms with Crippen molar-refractivity contribution in [2.45, 2.75) is 24.9 Å². The Kier molecular flexibility index (Phi) is 6.00. The number of benzene rings is 3. The molecule has 30 heavy (non-hydrogen) atoms. The van der Waals surface area contributed by atoms with Gasteiger partial charge in [0.05, 0.1) is 13.2 Å². The molecule has 0 amide bonds. The SMILES string of the molecule is COc1cccc(C(c2cccc(Oc3ccccc3)c2)N2CCCC2C(=O)O)c1. The quantitative estimate of drug-likeness (QED) is 0.593. The van der Waals surface area contributed by atoms with Crippen LogP contribution in [0.2, 0.25) is 0 Å². The minimum atomic E-state index is -0.780. The van der Waals surface area contributed by atoms with Crippen molar-refractivity contribution in [3.8, 4) is 17.2 Å². The van der Waals surface area contributed by atoms with E-state index < -0.39 is 12.0 Å². The van der Waals surface area contributed by atoms with E-state index in [0.29, 0.717) is 6.42 Å². The Balaban J connectivity index is 1.74. The zero-order valence-corrected chi connectivity index (χ0v) is 16.9. The maximum atomic E-state index is 11.9. The topological polar surface area (TPSA) is 59.0 Å². The largest absolute Gasteiger partial charge is 0.497 e. The number of para-hydroxylation sites is 1. The van der Waals surface area contributed by atoms with Crippen molar-refractivity contribution in [3.05, 3.63) is 90.0 Å². The van der Waals surface area contributed by atoms with E-state index in [4.69, 9.17) is 9.47 Å². The van der Waals surface area contributed by atoms with E-state index in [0.717, 1.165) is 41.3 Å². The summed E-state index contributed by atoms with van der Waals surface area (Å²) in [6, 6.07) is 24.6. The predicted octanol–water partition coefficient (Wildman–Crippen LogP) is 5.13. The summed E-state index contributed by atoms with van der Waals surface area (Å²) in [4.78, 5) is 14.0. The smallest absolute Gasteiger partial charge is 0.320 e. The monoisotopic (exact) mass is 403 g/mol. The van der Waals surface area contributed by atoms with Crippen molar-refractivity contribution in [1.82, 2.24) is 4.90 Å². The average molecular weight is 403 g/mol. The molecule has 1 aliphatic rings. The van der Waals surface area contributed by atoms with Crippen molar-refractivity contribution in [3.63, 3.8) is 0 Å². The highest BCUT2D eigenvalue weighted by atomic mass is 16.5. The fraction of sp³-hybridized carbons (Fsp3) is 0.240. The molecule has 0 spiro atoms. The molecule has 3 aromatic rings. The highest BCUT2D eigenvalue weighted by Crippen LogP contribution is 2.37. The first-order chi connectivity index (χ1) is 14.7. The highest BCUT2D eigenvalue weighted by molar-refractivity contribution is 5.74. The fourth-order valence-electron chi connectivity index (χ4n) is 4.12. The van der Waals surface area contributed by atoms with Gasteiger partial charge in [0.15, 0.2) is 0 Å². The zero-order valence-electron chi connectivity index (χ0n) is 16.9. The number of methoxy groups -OCH3 is 1. The number of carbonyl (C=O) groups is 1. The number of nitrogens with zero attached hydrogens (tertiary/aromatic N) is 1. The molecule has 0 aliphatic carbocycles. The lowest BCUT2D eigenvalue weighted by molar-refractivity contribution is -0.142. The van der Waals surface area contributed by atoms with E-state index in [9.17, 15) is 9.90 Å². The summed E-state index contributed by atoms with van der Waals surface area (Å²) >= 11 is 0. The van der Waals surface area contributed by atoms with Crippen molar-refractivity contribution < 1.29 is 19.4 Å². The zero-order chi connectivity index (χ0) is 20.9. The number of ether oxygens (including phenoxy) is 2. The summed E-state index contributed by atoms with van der Waals surface area (Å²) in [5, 5.41) is 9.79. The minimum Gasteiger partial charge on any atom is -0.497 e. The normalized spacial score (nSPS) is 17.4. The maximum absolute atomic E-state index is 11.9. The first-order valence-electron chi connectivity index (χ1n) is 10.1. The van der Waals surface area contributed by atoms with Crippen LogP contribution in [0.1, 0.15) is 30.0 Å². The second-order valence-corrected chi connectivity index (χ2v) is 7.40. The van der Waals surface area contributed by atoms with Gasteiger partial charge in [-0.25, -0.2) is 0 Å².